The van der Waals surface area contributed by atoms with Gasteiger partial charge in [-0.05, 0) is 50.6 Å². The molecule has 0 bridgehead atoms. The van der Waals surface area contributed by atoms with Gasteiger partial charge in [0.05, 0.1) is 6.10 Å². The summed E-state index contributed by atoms with van der Waals surface area (Å²) in [5, 5.41) is 0. The average molecular weight is 282 g/mol. The van der Waals surface area contributed by atoms with E-state index in [1.807, 2.05) is 0 Å². The van der Waals surface area contributed by atoms with E-state index < -0.39 is 0 Å². The molecule has 2 rings (SSSR count). The lowest BCUT2D eigenvalue weighted by Crippen LogP contribution is -2.60. The van der Waals surface area contributed by atoms with Gasteiger partial charge < -0.3 is 10.5 Å². The highest BCUT2D eigenvalue weighted by Gasteiger charge is 2.42. The summed E-state index contributed by atoms with van der Waals surface area (Å²) < 4.78 is 5.96. The van der Waals surface area contributed by atoms with E-state index >= 15 is 0 Å². The zero-order valence-electron chi connectivity index (χ0n) is 13.7. The van der Waals surface area contributed by atoms with E-state index in [9.17, 15) is 0 Å². The first kappa shape index (κ1) is 16.3. The molecule has 2 fully saturated rings. The van der Waals surface area contributed by atoms with E-state index in [-0.39, 0.29) is 5.54 Å². The lowest BCUT2D eigenvalue weighted by atomic mass is 9.79. The van der Waals surface area contributed by atoms with Gasteiger partial charge in [0.2, 0.25) is 0 Å². The van der Waals surface area contributed by atoms with E-state index in [4.69, 9.17) is 10.5 Å². The van der Waals surface area contributed by atoms with Crippen molar-refractivity contribution < 1.29 is 4.74 Å². The molecule has 0 aromatic heterocycles. The number of nitrogens with zero attached hydrogens (tertiary/aromatic N) is 1. The summed E-state index contributed by atoms with van der Waals surface area (Å²) in [6.45, 7) is 11.0. The fraction of sp³-hybridized carbons (Fsp3) is 1.00. The molecule has 2 heterocycles. The quantitative estimate of drug-likeness (QED) is 0.842. The van der Waals surface area contributed by atoms with Crippen LogP contribution in [0.3, 0.4) is 0 Å². The molecule has 0 aromatic rings. The van der Waals surface area contributed by atoms with Crippen LogP contribution in [0.4, 0.5) is 0 Å². The Hall–Kier alpha value is -0.120. The Bertz CT molecular complexity index is 287. The van der Waals surface area contributed by atoms with Gasteiger partial charge in [-0.15, -0.1) is 0 Å². The standard InChI is InChI=1S/C17H34N2O/c1-4-5-15-6-9-19(10-7-15)17(13-18)8-11-20-16(12-17)14(2)3/h14-16H,4-13,18H2,1-3H3. The van der Waals surface area contributed by atoms with Crippen LogP contribution in [0.1, 0.15) is 59.3 Å². The molecule has 0 radical (unpaired) electrons. The van der Waals surface area contributed by atoms with Crippen molar-refractivity contribution in [2.24, 2.45) is 17.6 Å². The molecule has 2 aliphatic heterocycles. The van der Waals surface area contributed by atoms with E-state index in [1.54, 1.807) is 0 Å². The van der Waals surface area contributed by atoms with Gasteiger partial charge in [0.25, 0.3) is 0 Å². The fourth-order valence-corrected chi connectivity index (χ4v) is 4.07. The van der Waals surface area contributed by atoms with Gasteiger partial charge in [-0.1, -0.05) is 33.6 Å². The predicted molar refractivity (Wildman–Crippen MR) is 84.8 cm³/mol. The lowest BCUT2D eigenvalue weighted by Gasteiger charge is -2.51. The molecular weight excluding hydrogens is 248 g/mol. The number of hydrogen-bond acceptors (Lipinski definition) is 3. The molecule has 3 nitrogen and oxygen atoms in total. The Labute approximate surface area is 125 Å². The first-order valence-electron chi connectivity index (χ1n) is 8.68. The van der Waals surface area contributed by atoms with Crippen LogP contribution in [0.2, 0.25) is 0 Å². The zero-order valence-corrected chi connectivity index (χ0v) is 13.7. The van der Waals surface area contributed by atoms with Gasteiger partial charge in [-0.25, -0.2) is 0 Å². The Balaban J connectivity index is 1.97. The van der Waals surface area contributed by atoms with Crippen molar-refractivity contribution in [1.29, 1.82) is 0 Å². The van der Waals surface area contributed by atoms with Crippen LogP contribution in [-0.4, -0.2) is 42.8 Å². The summed E-state index contributed by atoms with van der Waals surface area (Å²) >= 11 is 0. The Kier molecular flexibility index (Phi) is 5.88. The highest BCUT2D eigenvalue weighted by atomic mass is 16.5. The molecule has 20 heavy (non-hydrogen) atoms. The molecule has 118 valence electrons. The number of nitrogens with two attached hydrogens (primary N) is 1. The van der Waals surface area contributed by atoms with Gasteiger partial charge in [0.15, 0.2) is 0 Å². The van der Waals surface area contributed by atoms with Gasteiger partial charge in [-0.2, -0.15) is 0 Å². The van der Waals surface area contributed by atoms with E-state index in [2.05, 4.69) is 25.7 Å². The minimum absolute atomic E-state index is 0.213. The maximum atomic E-state index is 6.23. The number of hydrogen-bond donors (Lipinski definition) is 1. The second kappa shape index (κ2) is 7.24. The third-order valence-electron chi connectivity index (χ3n) is 5.59. The average Bonchev–Trinajstić information content (AvgIpc) is 2.48. The van der Waals surface area contributed by atoms with Crippen molar-refractivity contribution in [2.75, 3.05) is 26.2 Å². The Morgan fingerprint density at radius 2 is 2.00 bits per heavy atom. The van der Waals surface area contributed by atoms with Crippen LogP contribution in [0.15, 0.2) is 0 Å². The van der Waals surface area contributed by atoms with Crippen LogP contribution in [0, 0.1) is 11.8 Å². The smallest absolute Gasteiger partial charge is 0.0616 e. The summed E-state index contributed by atoms with van der Waals surface area (Å²) in [4.78, 5) is 2.71. The van der Waals surface area contributed by atoms with Crippen molar-refractivity contribution in [2.45, 2.75) is 70.9 Å². The number of ether oxygens (including phenoxy) is 1. The predicted octanol–water partition coefficient (Wildman–Crippen LogP) is 3.03. The molecule has 2 atom stereocenters. The molecule has 0 aliphatic carbocycles. The van der Waals surface area contributed by atoms with Gasteiger partial charge >= 0.3 is 0 Å². The summed E-state index contributed by atoms with van der Waals surface area (Å²) in [6.07, 6.45) is 8.09. The summed E-state index contributed by atoms with van der Waals surface area (Å²) in [6, 6.07) is 0. The molecule has 0 aromatic carbocycles. The molecular formula is C17H34N2O. The van der Waals surface area contributed by atoms with Crippen LogP contribution >= 0.6 is 0 Å². The largest absolute Gasteiger partial charge is 0.378 e. The van der Waals surface area contributed by atoms with E-state index in [1.165, 1.54) is 38.8 Å². The minimum atomic E-state index is 0.213. The number of piperidine rings is 1. The monoisotopic (exact) mass is 282 g/mol. The third-order valence-corrected chi connectivity index (χ3v) is 5.59. The number of rotatable bonds is 5. The molecule has 0 saturated carbocycles. The van der Waals surface area contributed by atoms with Crippen LogP contribution in [-0.2, 0) is 4.74 Å². The second-order valence-electron chi connectivity index (χ2n) is 7.25. The number of likely N-dealkylation sites (tertiary alicyclic amines) is 1. The maximum absolute atomic E-state index is 6.23. The van der Waals surface area contributed by atoms with Crippen molar-refractivity contribution in [1.82, 2.24) is 4.90 Å². The zero-order chi connectivity index (χ0) is 14.6. The van der Waals surface area contributed by atoms with Crippen molar-refractivity contribution >= 4 is 0 Å². The molecule has 0 spiro atoms. The first-order chi connectivity index (χ1) is 9.61. The maximum Gasteiger partial charge on any atom is 0.0616 e. The highest BCUT2D eigenvalue weighted by Crippen LogP contribution is 2.36. The van der Waals surface area contributed by atoms with E-state index in [0.717, 1.165) is 31.9 Å². The van der Waals surface area contributed by atoms with E-state index in [0.29, 0.717) is 12.0 Å². The van der Waals surface area contributed by atoms with Crippen LogP contribution < -0.4 is 5.73 Å². The highest BCUT2D eigenvalue weighted by molar-refractivity contribution is 4.98. The van der Waals surface area contributed by atoms with Crippen molar-refractivity contribution in [3.8, 4) is 0 Å². The second-order valence-corrected chi connectivity index (χ2v) is 7.25. The first-order valence-corrected chi connectivity index (χ1v) is 8.68. The molecule has 0 amide bonds. The topological polar surface area (TPSA) is 38.5 Å². The summed E-state index contributed by atoms with van der Waals surface area (Å²) in [5.74, 6) is 1.55. The molecule has 2 N–H and O–H groups in total. The molecule has 2 unspecified atom stereocenters. The minimum Gasteiger partial charge on any atom is -0.378 e. The van der Waals surface area contributed by atoms with Crippen molar-refractivity contribution in [3.63, 3.8) is 0 Å². The van der Waals surface area contributed by atoms with Gasteiger partial charge in [0.1, 0.15) is 0 Å². The lowest BCUT2D eigenvalue weighted by molar-refractivity contribution is -0.0942. The SMILES string of the molecule is CCCC1CCN(C2(CN)CCOC(C(C)C)C2)CC1. The third kappa shape index (κ3) is 3.55. The van der Waals surface area contributed by atoms with Crippen molar-refractivity contribution in [3.05, 3.63) is 0 Å². The summed E-state index contributed by atoms with van der Waals surface area (Å²) in [7, 11) is 0. The normalized spacial score (nSPS) is 33.8. The fourth-order valence-electron chi connectivity index (χ4n) is 4.07. The molecule has 2 aliphatic rings. The Morgan fingerprint density at radius 1 is 1.30 bits per heavy atom. The summed E-state index contributed by atoms with van der Waals surface area (Å²) in [5.41, 5.74) is 6.44. The Morgan fingerprint density at radius 3 is 2.55 bits per heavy atom. The van der Waals surface area contributed by atoms with Crippen LogP contribution in [0.25, 0.3) is 0 Å². The van der Waals surface area contributed by atoms with Gasteiger partial charge in [0, 0.05) is 18.7 Å². The molecule has 2 saturated heterocycles. The van der Waals surface area contributed by atoms with Crippen LogP contribution in [0.5, 0.6) is 0 Å². The molecule has 3 heteroatoms. The van der Waals surface area contributed by atoms with Gasteiger partial charge in [-0.3, -0.25) is 4.90 Å².